The van der Waals surface area contributed by atoms with Gasteiger partial charge in [-0.15, -0.1) is 12.8 Å². The highest BCUT2D eigenvalue weighted by Crippen LogP contribution is 2.44. The third kappa shape index (κ3) is 7.73. The van der Waals surface area contributed by atoms with Crippen molar-refractivity contribution in [1.29, 1.82) is 0 Å². The Hall–Kier alpha value is -2.59. The first-order chi connectivity index (χ1) is 15.7. The van der Waals surface area contributed by atoms with E-state index in [4.69, 9.17) is 0 Å². The maximum Gasteiger partial charge on any atom is 0.190 e. The quantitative estimate of drug-likeness (QED) is 0.266. The molecule has 1 heteroatoms. The molecule has 34 heavy (non-hydrogen) atoms. The Balaban J connectivity index is 0.00000281. The van der Waals surface area contributed by atoms with Crippen LogP contribution in [-0.2, 0) is 0 Å². The van der Waals surface area contributed by atoms with E-state index in [-0.39, 0.29) is 16.6 Å². The second kappa shape index (κ2) is 12.2. The minimum absolute atomic E-state index is 0.160. The van der Waals surface area contributed by atoms with Crippen LogP contribution in [0.1, 0.15) is 104 Å². The minimum atomic E-state index is -0.239. The van der Waals surface area contributed by atoms with Gasteiger partial charge in [-0.2, -0.15) is 0 Å². The van der Waals surface area contributed by atoms with Gasteiger partial charge in [0, 0.05) is 11.1 Å². The van der Waals surface area contributed by atoms with Crippen molar-refractivity contribution in [1.82, 2.24) is 0 Å². The fourth-order valence-corrected chi connectivity index (χ4v) is 5.03. The Bertz CT molecular complexity index is 1000. The molecule has 0 saturated heterocycles. The second-order valence-corrected chi connectivity index (χ2v) is 11.7. The molecule has 0 fully saturated rings. The van der Waals surface area contributed by atoms with Crippen LogP contribution in [0.15, 0.2) is 65.3 Å². The number of fused-ring (bicyclic) bond motifs is 1. The highest BCUT2D eigenvalue weighted by molar-refractivity contribution is 6.17. The van der Waals surface area contributed by atoms with Crippen molar-refractivity contribution in [2.24, 2.45) is 16.7 Å². The number of terminal acetylenes is 1. The third-order valence-corrected chi connectivity index (χ3v) is 6.68. The number of rotatable bonds is 9. The van der Waals surface area contributed by atoms with E-state index in [1.54, 1.807) is 0 Å². The zero-order chi connectivity index (χ0) is 26.3. The van der Waals surface area contributed by atoms with Crippen LogP contribution in [0.5, 0.6) is 0 Å². The molecule has 0 atom stereocenters. The Kier molecular flexibility index (Phi) is 10.6. The van der Waals surface area contributed by atoms with Crippen LogP contribution in [0.4, 0.5) is 0 Å². The van der Waals surface area contributed by atoms with Gasteiger partial charge in [-0.25, -0.2) is 0 Å². The lowest BCUT2D eigenvalue weighted by molar-refractivity contribution is 0.100. The maximum absolute atomic E-state index is 13.4. The van der Waals surface area contributed by atoms with Gasteiger partial charge >= 0.3 is 0 Å². The van der Waals surface area contributed by atoms with Gasteiger partial charge in [0.05, 0.1) is 0 Å². The molecule has 1 aliphatic rings. The van der Waals surface area contributed by atoms with Crippen molar-refractivity contribution in [3.63, 3.8) is 0 Å². The summed E-state index contributed by atoms with van der Waals surface area (Å²) in [6.45, 7) is 24.5. The van der Waals surface area contributed by atoms with Crippen molar-refractivity contribution in [2.75, 3.05) is 0 Å². The molecular weight excluding hydrogens is 412 g/mol. The molecule has 0 N–H and O–H groups in total. The van der Waals surface area contributed by atoms with Gasteiger partial charge in [-0.1, -0.05) is 95.7 Å². The van der Waals surface area contributed by atoms with Crippen LogP contribution in [0.3, 0.4) is 0 Å². The minimum Gasteiger partial charge on any atom is -0.289 e. The number of allylic oxidation sites excluding steroid dienone is 7. The van der Waals surface area contributed by atoms with E-state index in [1.165, 1.54) is 17.6 Å². The predicted molar refractivity (Wildman–Crippen MR) is 151 cm³/mol. The van der Waals surface area contributed by atoms with Crippen molar-refractivity contribution in [3.8, 4) is 12.8 Å². The molecule has 0 amide bonds. The molecular formula is C33H46O. The first-order valence-electron chi connectivity index (χ1n) is 12.4. The lowest BCUT2D eigenvalue weighted by Crippen LogP contribution is -2.26. The molecule has 1 nitrogen and oxygen atoms in total. The molecule has 0 heterocycles. The van der Waals surface area contributed by atoms with Crippen molar-refractivity contribution >= 4 is 11.4 Å². The van der Waals surface area contributed by atoms with Gasteiger partial charge < -0.3 is 0 Å². The summed E-state index contributed by atoms with van der Waals surface area (Å²) in [5, 5.41) is 0. The molecule has 2 rings (SSSR count). The number of Topliss-reactive ketones (excluding diaryl/α,β-unsaturated/α-hetero) is 1. The van der Waals surface area contributed by atoms with Gasteiger partial charge in [-0.3, -0.25) is 4.79 Å². The van der Waals surface area contributed by atoms with Gasteiger partial charge in [0.2, 0.25) is 0 Å². The van der Waals surface area contributed by atoms with E-state index in [2.05, 4.69) is 93.9 Å². The van der Waals surface area contributed by atoms with Crippen molar-refractivity contribution in [2.45, 2.75) is 88.0 Å². The van der Waals surface area contributed by atoms with E-state index >= 15 is 0 Å². The Morgan fingerprint density at radius 1 is 0.971 bits per heavy atom. The molecule has 1 aromatic carbocycles. The molecule has 1 aliphatic carbocycles. The predicted octanol–water partition coefficient (Wildman–Crippen LogP) is 9.62. The molecule has 0 bridgehead atoms. The number of benzene rings is 1. The SMILES string of the molecule is C#C.C=C1C(C)=C(C(C)(C)C/C=C(\C)CC(C)(C)C/C=C(/C)CC(C)C)C(=O)c2ccccc21. The summed E-state index contributed by atoms with van der Waals surface area (Å²) in [4.78, 5) is 13.4. The monoisotopic (exact) mass is 458 g/mol. The number of ketones is 1. The maximum atomic E-state index is 13.4. The first-order valence-corrected chi connectivity index (χ1v) is 12.4. The summed E-state index contributed by atoms with van der Waals surface area (Å²) in [6, 6.07) is 7.86. The van der Waals surface area contributed by atoms with Crippen LogP contribution >= 0.6 is 0 Å². The Morgan fingerprint density at radius 2 is 1.50 bits per heavy atom. The van der Waals surface area contributed by atoms with Crippen LogP contribution < -0.4 is 0 Å². The van der Waals surface area contributed by atoms with Crippen LogP contribution in [-0.4, -0.2) is 5.78 Å². The van der Waals surface area contributed by atoms with Gasteiger partial charge in [0.15, 0.2) is 5.78 Å². The largest absolute Gasteiger partial charge is 0.289 e. The Labute approximate surface area is 210 Å². The smallest absolute Gasteiger partial charge is 0.190 e. The summed E-state index contributed by atoms with van der Waals surface area (Å²) in [5.74, 6) is 0.870. The fraction of sp³-hybridized carbons (Fsp3) is 0.485. The zero-order valence-electron chi connectivity index (χ0n) is 23.1. The molecule has 0 aliphatic heterocycles. The number of carbonyl (C=O) groups is 1. The molecule has 0 unspecified atom stereocenters. The molecule has 1 aromatic rings. The molecule has 0 saturated carbocycles. The average Bonchev–Trinajstić information content (AvgIpc) is 2.76. The molecule has 0 spiro atoms. The molecule has 0 aromatic heterocycles. The van der Waals surface area contributed by atoms with Crippen LogP contribution in [0.25, 0.3) is 5.57 Å². The van der Waals surface area contributed by atoms with E-state index in [1.807, 2.05) is 24.3 Å². The standard InChI is InChI=1S/C31H44O.C2H2/c1-21(2)19-22(3)15-17-30(7,8)20-23(4)16-18-31(9,10)28-25(6)24(5)26-13-11-12-14-27(26)29(28)32;1-2/h11-16,21H,5,17-20H2,1-4,6-10H3;1-2H/b22-15-,23-16+;. The topological polar surface area (TPSA) is 17.1 Å². The number of hydrogen-bond donors (Lipinski definition) is 0. The van der Waals surface area contributed by atoms with E-state index < -0.39 is 0 Å². The van der Waals surface area contributed by atoms with Gasteiger partial charge in [0.25, 0.3) is 0 Å². The zero-order valence-corrected chi connectivity index (χ0v) is 23.1. The summed E-state index contributed by atoms with van der Waals surface area (Å²) in [6.07, 6.45) is 17.0. The van der Waals surface area contributed by atoms with Gasteiger partial charge in [0.1, 0.15) is 0 Å². The normalized spacial score (nSPS) is 15.3. The first kappa shape index (κ1) is 29.4. The van der Waals surface area contributed by atoms with E-state index in [0.717, 1.165) is 47.1 Å². The van der Waals surface area contributed by atoms with Crippen molar-refractivity contribution < 1.29 is 4.79 Å². The average molecular weight is 459 g/mol. The lowest BCUT2D eigenvalue weighted by Gasteiger charge is -2.33. The Morgan fingerprint density at radius 3 is 2.06 bits per heavy atom. The third-order valence-electron chi connectivity index (χ3n) is 6.68. The van der Waals surface area contributed by atoms with Crippen LogP contribution in [0.2, 0.25) is 0 Å². The van der Waals surface area contributed by atoms with Gasteiger partial charge in [-0.05, 0) is 79.9 Å². The van der Waals surface area contributed by atoms with E-state index in [0.29, 0.717) is 5.92 Å². The summed E-state index contributed by atoms with van der Waals surface area (Å²) < 4.78 is 0. The van der Waals surface area contributed by atoms with Crippen LogP contribution in [0, 0.1) is 29.6 Å². The summed E-state index contributed by atoms with van der Waals surface area (Å²) in [5.41, 5.74) is 7.58. The highest BCUT2D eigenvalue weighted by atomic mass is 16.1. The molecule has 0 radical (unpaired) electrons. The molecule has 184 valence electrons. The second-order valence-electron chi connectivity index (χ2n) is 11.7. The van der Waals surface area contributed by atoms with E-state index in [9.17, 15) is 4.79 Å². The summed E-state index contributed by atoms with van der Waals surface area (Å²) in [7, 11) is 0. The lowest BCUT2D eigenvalue weighted by atomic mass is 9.70. The number of hydrogen-bond acceptors (Lipinski definition) is 1. The summed E-state index contributed by atoms with van der Waals surface area (Å²) >= 11 is 0. The highest BCUT2D eigenvalue weighted by Gasteiger charge is 2.35. The van der Waals surface area contributed by atoms with Crippen molar-refractivity contribution in [3.05, 3.63) is 76.4 Å². The number of carbonyl (C=O) groups excluding carboxylic acids is 1. The fourth-order valence-electron chi connectivity index (χ4n) is 5.03.